The predicted molar refractivity (Wildman–Crippen MR) is 55.8 cm³/mol. The van der Waals surface area contributed by atoms with Crippen LogP contribution >= 0.6 is 0 Å². The number of aromatic nitrogens is 2. The molecule has 14 heavy (non-hydrogen) atoms. The number of nitrogens with one attached hydrogen (secondary N) is 1. The van der Waals surface area contributed by atoms with E-state index >= 15 is 0 Å². The normalized spacial score (nSPS) is 16.1. The topological polar surface area (TPSA) is 45.8 Å². The second kappa shape index (κ2) is 3.62. The molecule has 72 valence electrons. The maximum Gasteiger partial charge on any atom is 0.344 e. The number of allylic oxidation sites excluding steroid dienone is 4. The first-order chi connectivity index (χ1) is 6.75. The van der Waals surface area contributed by atoms with Gasteiger partial charge in [-0.05, 0) is 25.3 Å². The Kier molecular flexibility index (Phi) is 2.31. The molecular weight excluding hydrogens is 176 g/mol. The molecule has 0 saturated carbocycles. The molecule has 0 amide bonds. The lowest BCUT2D eigenvalue weighted by Gasteiger charge is -2.09. The van der Waals surface area contributed by atoms with Gasteiger partial charge in [-0.1, -0.05) is 17.7 Å². The maximum atomic E-state index is 10.8. The minimum atomic E-state index is -0.300. The van der Waals surface area contributed by atoms with Crippen LogP contribution in [0.25, 0.3) is 5.57 Å². The van der Waals surface area contributed by atoms with Gasteiger partial charge >= 0.3 is 5.69 Å². The Morgan fingerprint density at radius 3 is 3.00 bits per heavy atom. The molecule has 3 heteroatoms. The molecule has 0 unspecified atom stereocenters. The van der Waals surface area contributed by atoms with Gasteiger partial charge < -0.3 is 4.98 Å². The molecule has 0 fully saturated rings. The highest BCUT2D eigenvalue weighted by Crippen LogP contribution is 2.23. The second-order valence-electron chi connectivity index (χ2n) is 3.50. The van der Waals surface area contributed by atoms with Crippen molar-refractivity contribution in [3.63, 3.8) is 0 Å². The fourth-order valence-electron chi connectivity index (χ4n) is 1.55. The maximum absolute atomic E-state index is 10.8. The largest absolute Gasteiger partial charge is 0.344 e. The van der Waals surface area contributed by atoms with Crippen LogP contribution in [-0.2, 0) is 0 Å². The first-order valence-electron chi connectivity index (χ1n) is 4.68. The molecule has 0 radical (unpaired) electrons. The fourth-order valence-corrected chi connectivity index (χ4v) is 1.55. The van der Waals surface area contributed by atoms with Crippen LogP contribution in [0.5, 0.6) is 0 Å². The van der Waals surface area contributed by atoms with Gasteiger partial charge in [0.15, 0.2) is 0 Å². The van der Waals surface area contributed by atoms with Gasteiger partial charge in [0.25, 0.3) is 0 Å². The van der Waals surface area contributed by atoms with Crippen LogP contribution in [0, 0.1) is 0 Å². The predicted octanol–water partition coefficient (Wildman–Crippen LogP) is 1.89. The summed E-state index contributed by atoms with van der Waals surface area (Å²) in [6, 6.07) is 0. The zero-order chi connectivity index (χ0) is 9.97. The smallest absolute Gasteiger partial charge is 0.312 e. The zero-order valence-electron chi connectivity index (χ0n) is 8.08. The van der Waals surface area contributed by atoms with Gasteiger partial charge in [0.1, 0.15) is 0 Å². The Labute approximate surface area is 82.2 Å². The first-order valence-corrected chi connectivity index (χ1v) is 4.68. The summed E-state index contributed by atoms with van der Waals surface area (Å²) in [6.07, 6.45) is 9.81. The van der Waals surface area contributed by atoms with E-state index in [1.807, 2.05) is 0 Å². The van der Waals surface area contributed by atoms with Gasteiger partial charge in [0.2, 0.25) is 0 Å². The van der Waals surface area contributed by atoms with Gasteiger partial charge in [-0.25, -0.2) is 9.78 Å². The molecule has 1 aliphatic carbocycles. The average Bonchev–Trinajstić information content (AvgIpc) is 2.19. The molecule has 0 bridgehead atoms. The van der Waals surface area contributed by atoms with Gasteiger partial charge in [-0.3, -0.25) is 0 Å². The van der Waals surface area contributed by atoms with Crippen molar-refractivity contribution in [3.05, 3.63) is 46.2 Å². The SMILES string of the molecule is CC1=CC(c2cnc(=O)[nH]c2)=CCC1. The summed E-state index contributed by atoms with van der Waals surface area (Å²) in [4.78, 5) is 17.0. The Morgan fingerprint density at radius 1 is 1.50 bits per heavy atom. The van der Waals surface area contributed by atoms with E-state index in [2.05, 4.69) is 29.0 Å². The van der Waals surface area contributed by atoms with Crippen molar-refractivity contribution in [2.24, 2.45) is 0 Å². The lowest BCUT2D eigenvalue weighted by atomic mass is 9.97. The Hall–Kier alpha value is -1.64. The van der Waals surface area contributed by atoms with Crippen LogP contribution in [0.3, 0.4) is 0 Å². The van der Waals surface area contributed by atoms with Crippen LogP contribution in [0.2, 0.25) is 0 Å². The summed E-state index contributed by atoms with van der Waals surface area (Å²) in [5.74, 6) is 0. The summed E-state index contributed by atoms with van der Waals surface area (Å²) in [7, 11) is 0. The van der Waals surface area contributed by atoms with Crippen molar-refractivity contribution >= 4 is 5.57 Å². The third-order valence-electron chi connectivity index (χ3n) is 2.31. The summed E-state index contributed by atoms with van der Waals surface area (Å²) < 4.78 is 0. The molecule has 2 rings (SSSR count). The molecule has 3 nitrogen and oxygen atoms in total. The van der Waals surface area contributed by atoms with Crippen molar-refractivity contribution in [3.8, 4) is 0 Å². The molecular formula is C11H12N2O. The molecule has 1 heterocycles. The van der Waals surface area contributed by atoms with Gasteiger partial charge in [0, 0.05) is 18.0 Å². The number of H-pyrrole nitrogens is 1. The minimum Gasteiger partial charge on any atom is -0.312 e. The van der Waals surface area contributed by atoms with Crippen LogP contribution in [-0.4, -0.2) is 9.97 Å². The van der Waals surface area contributed by atoms with E-state index in [-0.39, 0.29) is 5.69 Å². The quantitative estimate of drug-likeness (QED) is 0.731. The number of nitrogens with zero attached hydrogens (tertiary/aromatic N) is 1. The molecule has 0 aromatic carbocycles. The van der Waals surface area contributed by atoms with E-state index in [1.54, 1.807) is 12.4 Å². The number of aromatic amines is 1. The standard InChI is InChI=1S/C11H12N2O/c1-8-3-2-4-9(5-8)10-6-12-11(14)13-7-10/h4-7H,2-3H2,1H3,(H,12,13,14). The highest BCUT2D eigenvalue weighted by Gasteiger charge is 2.04. The van der Waals surface area contributed by atoms with Gasteiger partial charge in [0.05, 0.1) is 0 Å². The van der Waals surface area contributed by atoms with Crippen molar-refractivity contribution in [1.82, 2.24) is 9.97 Å². The van der Waals surface area contributed by atoms with Crippen LogP contribution in [0.15, 0.2) is 34.9 Å². The van der Waals surface area contributed by atoms with Crippen LogP contribution in [0.1, 0.15) is 25.3 Å². The van der Waals surface area contributed by atoms with Gasteiger partial charge in [-0.2, -0.15) is 0 Å². The van der Waals surface area contributed by atoms with Gasteiger partial charge in [-0.15, -0.1) is 0 Å². The van der Waals surface area contributed by atoms with E-state index in [0.29, 0.717) is 0 Å². The molecule has 1 aliphatic rings. The molecule has 0 aliphatic heterocycles. The fraction of sp³-hybridized carbons (Fsp3) is 0.273. The average molecular weight is 188 g/mol. The molecule has 0 saturated heterocycles. The highest BCUT2D eigenvalue weighted by molar-refractivity contribution is 5.74. The van der Waals surface area contributed by atoms with E-state index in [0.717, 1.165) is 24.0 Å². The summed E-state index contributed by atoms with van der Waals surface area (Å²) in [6.45, 7) is 2.12. The summed E-state index contributed by atoms with van der Waals surface area (Å²) in [5, 5.41) is 0. The molecule has 0 atom stereocenters. The second-order valence-corrected chi connectivity index (χ2v) is 3.50. The molecule has 1 N–H and O–H groups in total. The highest BCUT2D eigenvalue weighted by atomic mass is 16.1. The minimum absolute atomic E-state index is 0.300. The number of hydrogen-bond donors (Lipinski definition) is 1. The third-order valence-corrected chi connectivity index (χ3v) is 2.31. The van der Waals surface area contributed by atoms with E-state index in [1.165, 1.54) is 5.57 Å². The lowest BCUT2D eigenvalue weighted by Crippen LogP contribution is -2.08. The van der Waals surface area contributed by atoms with E-state index < -0.39 is 0 Å². The van der Waals surface area contributed by atoms with Crippen molar-refractivity contribution in [2.45, 2.75) is 19.8 Å². The first kappa shape index (κ1) is 8.94. The number of hydrogen-bond acceptors (Lipinski definition) is 2. The molecule has 1 aromatic heterocycles. The molecule has 0 spiro atoms. The summed E-state index contributed by atoms with van der Waals surface area (Å²) >= 11 is 0. The van der Waals surface area contributed by atoms with Crippen molar-refractivity contribution < 1.29 is 0 Å². The van der Waals surface area contributed by atoms with E-state index in [4.69, 9.17) is 0 Å². The van der Waals surface area contributed by atoms with E-state index in [9.17, 15) is 4.79 Å². The Balaban J connectivity index is 2.36. The number of rotatable bonds is 1. The Bertz CT molecular complexity index is 434. The Morgan fingerprint density at radius 2 is 2.36 bits per heavy atom. The zero-order valence-corrected chi connectivity index (χ0v) is 8.08. The summed E-state index contributed by atoms with van der Waals surface area (Å²) in [5.41, 5.74) is 3.20. The van der Waals surface area contributed by atoms with Crippen molar-refractivity contribution in [2.75, 3.05) is 0 Å². The van der Waals surface area contributed by atoms with Crippen molar-refractivity contribution in [1.29, 1.82) is 0 Å². The monoisotopic (exact) mass is 188 g/mol. The van der Waals surface area contributed by atoms with Crippen LogP contribution < -0.4 is 5.69 Å². The molecule has 1 aromatic rings. The third kappa shape index (κ3) is 1.82. The van der Waals surface area contributed by atoms with Crippen LogP contribution in [0.4, 0.5) is 0 Å². The lowest BCUT2D eigenvalue weighted by molar-refractivity contribution is 0.963.